The first-order valence-corrected chi connectivity index (χ1v) is 15.4. The molecule has 3 unspecified atom stereocenters. The van der Waals surface area contributed by atoms with E-state index in [1.807, 2.05) is 0 Å². The number of nitrogens with zero attached hydrogens (tertiary/aromatic N) is 4. The van der Waals surface area contributed by atoms with Gasteiger partial charge in [-0.2, -0.15) is 5.26 Å². The second kappa shape index (κ2) is 11.6. The standard InChI is InChI=1S/C28H34ClN7O4S/c1-34(2)41(39,40)22-8-6-21(7-9-22)32-25-24-23(10-15-31-26(24)37)36(33-25)28(11-14-30)12-16-35(17-13-28)27(38)19-4-3-5-20(29)18-19/h3-9,18,23-25,32-33H,10-13,15-17H2,1-2H3,(H,31,37). The van der Waals surface area contributed by atoms with Crippen LogP contribution in [0.3, 0.4) is 0 Å². The number of rotatable bonds is 7. The molecule has 2 aromatic carbocycles. The summed E-state index contributed by atoms with van der Waals surface area (Å²) in [4.78, 5) is 28.3. The number of benzene rings is 2. The van der Waals surface area contributed by atoms with Crippen LogP contribution in [0.1, 0.15) is 36.0 Å². The Bertz CT molecular complexity index is 1450. The van der Waals surface area contributed by atoms with E-state index in [-0.39, 0.29) is 29.2 Å². The lowest BCUT2D eigenvalue weighted by Gasteiger charge is -2.49. The number of nitrogens with one attached hydrogen (secondary N) is 3. The van der Waals surface area contributed by atoms with Crippen LogP contribution in [-0.2, 0) is 14.8 Å². The van der Waals surface area contributed by atoms with Crippen LogP contribution in [-0.4, -0.2) is 85.9 Å². The van der Waals surface area contributed by atoms with E-state index in [1.165, 1.54) is 26.2 Å². The van der Waals surface area contributed by atoms with Gasteiger partial charge in [0.2, 0.25) is 15.9 Å². The molecule has 0 radical (unpaired) electrons. The maximum absolute atomic E-state index is 13.2. The van der Waals surface area contributed by atoms with E-state index in [4.69, 9.17) is 11.6 Å². The van der Waals surface area contributed by atoms with Gasteiger partial charge in [-0.05, 0) is 61.7 Å². The van der Waals surface area contributed by atoms with E-state index >= 15 is 0 Å². The number of halogens is 1. The quantitative estimate of drug-likeness (QED) is 0.441. The molecule has 3 fully saturated rings. The normalized spacial score (nSPS) is 24.4. The lowest BCUT2D eigenvalue weighted by atomic mass is 9.81. The number of fused-ring (bicyclic) bond motifs is 1. The Labute approximate surface area is 245 Å². The highest BCUT2D eigenvalue weighted by molar-refractivity contribution is 7.89. The van der Waals surface area contributed by atoms with Crippen LogP contribution >= 0.6 is 11.6 Å². The molecule has 0 aliphatic carbocycles. The molecular formula is C28H34ClN7O4S. The van der Waals surface area contributed by atoms with Crippen molar-refractivity contribution >= 4 is 39.1 Å². The fraction of sp³-hybridized carbons (Fsp3) is 0.464. The number of piperidine rings is 2. The van der Waals surface area contributed by atoms with Crippen molar-refractivity contribution in [1.82, 2.24) is 25.0 Å². The largest absolute Gasteiger partial charge is 0.368 e. The highest BCUT2D eigenvalue weighted by Gasteiger charge is 2.55. The maximum atomic E-state index is 13.2. The molecule has 3 heterocycles. The molecule has 0 bridgehead atoms. The average molecular weight is 600 g/mol. The topological polar surface area (TPSA) is 138 Å². The fourth-order valence-electron chi connectivity index (χ4n) is 6.11. The minimum atomic E-state index is -3.56. The molecule has 5 rings (SSSR count). The Morgan fingerprint density at radius 2 is 1.90 bits per heavy atom. The second-order valence-electron chi connectivity index (χ2n) is 11.0. The molecule has 0 aromatic heterocycles. The molecule has 3 atom stereocenters. The summed E-state index contributed by atoms with van der Waals surface area (Å²) in [5.41, 5.74) is 4.14. The van der Waals surface area contributed by atoms with Gasteiger partial charge >= 0.3 is 0 Å². The van der Waals surface area contributed by atoms with Crippen LogP contribution in [0.2, 0.25) is 5.02 Å². The van der Waals surface area contributed by atoms with Gasteiger partial charge < -0.3 is 15.5 Å². The Morgan fingerprint density at radius 1 is 1.20 bits per heavy atom. The molecule has 2 amide bonds. The second-order valence-corrected chi connectivity index (χ2v) is 13.6. The molecule has 13 heteroatoms. The van der Waals surface area contributed by atoms with Crippen molar-refractivity contribution in [2.75, 3.05) is 39.0 Å². The summed E-state index contributed by atoms with van der Waals surface area (Å²) < 4.78 is 26.1. The Morgan fingerprint density at radius 3 is 2.54 bits per heavy atom. The van der Waals surface area contributed by atoms with Crippen molar-refractivity contribution in [2.45, 2.75) is 48.3 Å². The zero-order valence-electron chi connectivity index (χ0n) is 23.0. The summed E-state index contributed by atoms with van der Waals surface area (Å²) in [6.45, 7) is 1.47. The molecule has 41 heavy (non-hydrogen) atoms. The van der Waals surface area contributed by atoms with E-state index in [1.54, 1.807) is 41.3 Å². The summed E-state index contributed by atoms with van der Waals surface area (Å²) in [5, 5.41) is 18.8. The van der Waals surface area contributed by atoms with Crippen molar-refractivity contribution in [2.24, 2.45) is 5.92 Å². The number of hydrogen-bond donors (Lipinski definition) is 3. The summed E-state index contributed by atoms with van der Waals surface area (Å²) >= 11 is 6.10. The van der Waals surface area contributed by atoms with Crippen LogP contribution in [0.5, 0.6) is 0 Å². The number of likely N-dealkylation sites (tertiary alicyclic amines) is 1. The van der Waals surface area contributed by atoms with E-state index in [0.29, 0.717) is 55.2 Å². The van der Waals surface area contributed by atoms with Crippen LogP contribution < -0.4 is 16.1 Å². The molecule has 0 saturated carbocycles. The van der Waals surface area contributed by atoms with Crippen molar-refractivity contribution in [3.63, 3.8) is 0 Å². The van der Waals surface area contributed by atoms with Crippen LogP contribution in [0.4, 0.5) is 5.69 Å². The first-order chi connectivity index (χ1) is 19.6. The van der Waals surface area contributed by atoms with E-state index in [9.17, 15) is 23.3 Å². The van der Waals surface area contributed by atoms with E-state index in [2.05, 4.69) is 27.1 Å². The van der Waals surface area contributed by atoms with Gasteiger partial charge in [0.25, 0.3) is 5.91 Å². The first kappa shape index (κ1) is 29.3. The Balaban J connectivity index is 1.35. The zero-order chi connectivity index (χ0) is 29.4. The van der Waals surface area contributed by atoms with Crippen LogP contribution in [0, 0.1) is 17.2 Å². The lowest BCUT2D eigenvalue weighted by Crippen LogP contribution is -2.62. The number of carbonyl (C=O) groups excluding carboxylic acids is 2. The highest BCUT2D eigenvalue weighted by Crippen LogP contribution is 2.40. The number of anilines is 1. The summed E-state index contributed by atoms with van der Waals surface area (Å²) in [7, 11) is -0.602. The van der Waals surface area contributed by atoms with Crippen molar-refractivity contribution < 1.29 is 18.0 Å². The number of sulfonamides is 1. The van der Waals surface area contributed by atoms with Gasteiger partial charge in [0.1, 0.15) is 6.17 Å². The number of amides is 2. The van der Waals surface area contributed by atoms with Gasteiger partial charge in [0.15, 0.2) is 0 Å². The SMILES string of the molecule is CN(C)S(=O)(=O)c1ccc(NC2NN(C3(CC#N)CCN(C(=O)c4cccc(Cl)c4)CC3)C3CCNC(=O)C23)cc1. The number of hydrazine groups is 1. The van der Waals surface area contributed by atoms with Gasteiger partial charge in [-0.1, -0.05) is 17.7 Å². The average Bonchev–Trinajstić information content (AvgIpc) is 3.33. The Kier molecular flexibility index (Phi) is 8.27. The lowest BCUT2D eigenvalue weighted by molar-refractivity contribution is -0.128. The summed E-state index contributed by atoms with van der Waals surface area (Å²) in [6.07, 6.45) is 1.61. The smallest absolute Gasteiger partial charge is 0.253 e. The molecule has 3 aliphatic heterocycles. The fourth-order valence-corrected chi connectivity index (χ4v) is 7.20. The Hall–Kier alpha value is -3.21. The molecule has 3 saturated heterocycles. The first-order valence-electron chi connectivity index (χ1n) is 13.6. The minimum absolute atomic E-state index is 0.0822. The predicted molar refractivity (Wildman–Crippen MR) is 154 cm³/mol. The third-order valence-electron chi connectivity index (χ3n) is 8.35. The van der Waals surface area contributed by atoms with Gasteiger partial charge in [-0.15, -0.1) is 0 Å². The number of hydrogen-bond acceptors (Lipinski definition) is 8. The molecule has 2 aromatic rings. The van der Waals surface area contributed by atoms with Crippen molar-refractivity contribution in [1.29, 1.82) is 5.26 Å². The van der Waals surface area contributed by atoms with Gasteiger partial charge in [0, 0.05) is 56.0 Å². The van der Waals surface area contributed by atoms with Gasteiger partial charge in [0.05, 0.1) is 28.8 Å². The predicted octanol–water partition coefficient (Wildman–Crippen LogP) is 2.24. The number of nitriles is 1. The monoisotopic (exact) mass is 599 g/mol. The highest BCUT2D eigenvalue weighted by atomic mass is 35.5. The summed E-state index contributed by atoms with van der Waals surface area (Å²) in [5.74, 6) is -0.613. The maximum Gasteiger partial charge on any atom is 0.253 e. The third-order valence-corrected chi connectivity index (χ3v) is 10.4. The number of carbonyl (C=O) groups is 2. The molecule has 3 N–H and O–H groups in total. The molecule has 11 nitrogen and oxygen atoms in total. The molecular weight excluding hydrogens is 566 g/mol. The van der Waals surface area contributed by atoms with Gasteiger partial charge in [-0.25, -0.2) is 23.2 Å². The van der Waals surface area contributed by atoms with Gasteiger partial charge in [-0.3, -0.25) is 9.59 Å². The zero-order valence-corrected chi connectivity index (χ0v) is 24.6. The molecule has 0 spiro atoms. The molecule has 218 valence electrons. The van der Waals surface area contributed by atoms with Crippen molar-refractivity contribution in [3.05, 3.63) is 59.1 Å². The van der Waals surface area contributed by atoms with Crippen LogP contribution in [0.15, 0.2) is 53.4 Å². The van der Waals surface area contributed by atoms with Crippen LogP contribution in [0.25, 0.3) is 0 Å². The minimum Gasteiger partial charge on any atom is -0.368 e. The van der Waals surface area contributed by atoms with E-state index < -0.39 is 27.6 Å². The third kappa shape index (κ3) is 5.65. The van der Waals surface area contributed by atoms with Crippen molar-refractivity contribution in [3.8, 4) is 6.07 Å². The molecule has 3 aliphatic rings. The van der Waals surface area contributed by atoms with E-state index in [0.717, 1.165) is 4.31 Å². The summed E-state index contributed by atoms with van der Waals surface area (Å²) in [6, 6.07) is 15.5.